The first-order valence-electron chi connectivity index (χ1n) is 4.47. The highest BCUT2D eigenvalue weighted by atomic mass is 79.9. The van der Waals surface area contributed by atoms with E-state index in [1.807, 2.05) is 20.8 Å². The number of nitrogens with zero attached hydrogens (tertiary/aromatic N) is 1. The third-order valence-corrected chi connectivity index (χ3v) is 2.66. The lowest BCUT2D eigenvalue weighted by molar-refractivity contribution is -0.386. The predicted molar refractivity (Wildman–Crippen MR) is 63.9 cm³/mol. The van der Waals surface area contributed by atoms with Gasteiger partial charge >= 0.3 is 0 Å². The number of benzene rings is 1. The Bertz CT molecular complexity index is 411. The second kappa shape index (κ2) is 3.81. The standard InChI is InChI=1S/C10H13BrN2O2/c1-10(2,3)9-7(11)4-6(12)5-8(9)13(14)15/h4-5H,12H2,1-3H3. The largest absolute Gasteiger partial charge is 0.398 e. The van der Waals surface area contributed by atoms with E-state index >= 15 is 0 Å². The lowest BCUT2D eigenvalue weighted by atomic mass is 9.85. The Kier molecular flexibility index (Phi) is 3.04. The average molecular weight is 273 g/mol. The van der Waals surface area contributed by atoms with Crippen LogP contribution in [-0.4, -0.2) is 4.92 Å². The summed E-state index contributed by atoms with van der Waals surface area (Å²) in [6, 6.07) is 3.08. The molecule has 1 aromatic carbocycles. The third-order valence-electron chi connectivity index (χ3n) is 2.04. The highest BCUT2D eigenvalue weighted by Crippen LogP contribution is 2.38. The summed E-state index contributed by atoms with van der Waals surface area (Å²) in [6.07, 6.45) is 0. The van der Waals surface area contributed by atoms with Crippen LogP contribution in [0.5, 0.6) is 0 Å². The smallest absolute Gasteiger partial charge is 0.276 e. The van der Waals surface area contributed by atoms with Gasteiger partial charge in [-0.25, -0.2) is 0 Å². The minimum Gasteiger partial charge on any atom is -0.398 e. The molecular weight excluding hydrogens is 260 g/mol. The number of rotatable bonds is 1. The lowest BCUT2D eigenvalue weighted by Crippen LogP contribution is -2.15. The van der Waals surface area contributed by atoms with Crippen molar-refractivity contribution in [2.75, 3.05) is 5.73 Å². The zero-order valence-electron chi connectivity index (χ0n) is 8.87. The molecule has 0 aromatic heterocycles. The highest BCUT2D eigenvalue weighted by Gasteiger charge is 2.27. The van der Waals surface area contributed by atoms with Gasteiger partial charge in [0.2, 0.25) is 0 Å². The second-order valence-electron chi connectivity index (χ2n) is 4.40. The fourth-order valence-electron chi connectivity index (χ4n) is 1.50. The molecule has 15 heavy (non-hydrogen) atoms. The van der Waals surface area contributed by atoms with Crippen LogP contribution in [0.3, 0.4) is 0 Å². The second-order valence-corrected chi connectivity index (χ2v) is 5.26. The first-order chi connectivity index (χ1) is 6.73. The molecule has 1 aromatic rings. The molecule has 0 aliphatic rings. The first kappa shape index (κ1) is 12.0. The Morgan fingerprint density at radius 3 is 2.33 bits per heavy atom. The number of hydrogen-bond acceptors (Lipinski definition) is 3. The van der Waals surface area contributed by atoms with Crippen molar-refractivity contribution in [1.29, 1.82) is 0 Å². The molecule has 0 saturated heterocycles. The van der Waals surface area contributed by atoms with Crippen LogP contribution in [0.15, 0.2) is 16.6 Å². The molecule has 0 spiro atoms. The van der Waals surface area contributed by atoms with Gasteiger partial charge < -0.3 is 5.73 Å². The number of nitro benzene ring substituents is 1. The molecule has 0 unspecified atom stereocenters. The van der Waals surface area contributed by atoms with Crippen molar-refractivity contribution >= 4 is 27.3 Å². The molecule has 2 N–H and O–H groups in total. The summed E-state index contributed by atoms with van der Waals surface area (Å²) in [4.78, 5) is 10.5. The first-order valence-corrected chi connectivity index (χ1v) is 5.26. The van der Waals surface area contributed by atoms with Gasteiger partial charge in [-0.05, 0) is 11.5 Å². The molecule has 0 fully saturated rings. The molecule has 0 atom stereocenters. The quantitative estimate of drug-likeness (QED) is 0.485. The van der Waals surface area contributed by atoms with E-state index in [2.05, 4.69) is 15.9 Å². The SMILES string of the molecule is CC(C)(C)c1c(Br)cc(N)cc1[N+](=O)[O-]. The van der Waals surface area contributed by atoms with Gasteiger partial charge in [-0.1, -0.05) is 36.7 Å². The molecule has 0 aliphatic carbocycles. The van der Waals surface area contributed by atoms with E-state index in [4.69, 9.17) is 5.73 Å². The molecule has 0 aliphatic heterocycles. The molecule has 0 amide bonds. The van der Waals surface area contributed by atoms with Crippen LogP contribution >= 0.6 is 15.9 Å². The van der Waals surface area contributed by atoms with E-state index in [9.17, 15) is 10.1 Å². The third kappa shape index (κ3) is 2.47. The van der Waals surface area contributed by atoms with Crippen LogP contribution in [0.2, 0.25) is 0 Å². The van der Waals surface area contributed by atoms with E-state index in [0.29, 0.717) is 15.7 Å². The highest BCUT2D eigenvalue weighted by molar-refractivity contribution is 9.10. The number of nitrogens with two attached hydrogens (primary N) is 1. The number of halogens is 1. The van der Waals surface area contributed by atoms with E-state index in [1.165, 1.54) is 6.07 Å². The van der Waals surface area contributed by atoms with Crippen LogP contribution < -0.4 is 5.73 Å². The molecular formula is C10H13BrN2O2. The minimum absolute atomic E-state index is 0.0642. The molecule has 1 rings (SSSR count). The maximum atomic E-state index is 10.9. The molecule has 82 valence electrons. The monoisotopic (exact) mass is 272 g/mol. The number of hydrogen-bond donors (Lipinski definition) is 1. The topological polar surface area (TPSA) is 69.2 Å². The van der Waals surface area contributed by atoms with Gasteiger partial charge in [0.25, 0.3) is 5.69 Å². The van der Waals surface area contributed by atoms with Gasteiger partial charge in [0.05, 0.1) is 4.92 Å². The van der Waals surface area contributed by atoms with Crippen LogP contribution in [0, 0.1) is 10.1 Å². The molecule has 4 nitrogen and oxygen atoms in total. The number of nitrogen functional groups attached to an aromatic ring is 1. The van der Waals surface area contributed by atoms with Crippen molar-refractivity contribution < 1.29 is 4.92 Å². The van der Waals surface area contributed by atoms with Gasteiger partial charge in [0, 0.05) is 21.8 Å². The fraction of sp³-hybridized carbons (Fsp3) is 0.400. The Labute approximate surface area is 96.8 Å². The van der Waals surface area contributed by atoms with Gasteiger partial charge in [0.15, 0.2) is 0 Å². The summed E-state index contributed by atoms with van der Waals surface area (Å²) in [5.74, 6) is 0. The van der Waals surface area contributed by atoms with Gasteiger partial charge in [-0.2, -0.15) is 0 Å². The summed E-state index contributed by atoms with van der Waals surface area (Å²) >= 11 is 3.32. The van der Waals surface area contributed by atoms with Crippen LogP contribution in [-0.2, 0) is 5.41 Å². The maximum absolute atomic E-state index is 10.9. The average Bonchev–Trinajstić information content (AvgIpc) is 1.99. The summed E-state index contributed by atoms with van der Waals surface area (Å²) < 4.78 is 0.682. The summed E-state index contributed by atoms with van der Waals surface area (Å²) in [5.41, 5.74) is 6.40. The van der Waals surface area contributed by atoms with E-state index in [1.54, 1.807) is 6.07 Å². The summed E-state index contributed by atoms with van der Waals surface area (Å²) in [6.45, 7) is 5.78. The lowest BCUT2D eigenvalue weighted by Gasteiger charge is -2.20. The Morgan fingerprint density at radius 1 is 1.40 bits per heavy atom. The predicted octanol–water partition coefficient (Wildman–Crippen LogP) is 3.24. The van der Waals surface area contributed by atoms with Gasteiger partial charge in [-0.15, -0.1) is 0 Å². The molecule has 0 radical (unpaired) electrons. The minimum atomic E-state index is -0.401. The summed E-state index contributed by atoms with van der Waals surface area (Å²) in [5, 5.41) is 10.9. The zero-order chi connectivity index (χ0) is 11.8. The van der Waals surface area contributed by atoms with Crippen molar-refractivity contribution in [2.24, 2.45) is 0 Å². The maximum Gasteiger partial charge on any atom is 0.276 e. The van der Waals surface area contributed by atoms with Crippen molar-refractivity contribution in [1.82, 2.24) is 0 Å². The Hall–Kier alpha value is -1.10. The zero-order valence-corrected chi connectivity index (χ0v) is 10.5. The molecule has 0 heterocycles. The molecule has 5 heteroatoms. The van der Waals surface area contributed by atoms with Crippen molar-refractivity contribution in [3.05, 3.63) is 32.3 Å². The van der Waals surface area contributed by atoms with Crippen LogP contribution in [0.1, 0.15) is 26.3 Å². The summed E-state index contributed by atoms with van der Waals surface area (Å²) in [7, 11) is 0. The number of anilines is 1. The Morgan fingerprint density at radius 2 is 1.93 bits per heavy atom. The fourth-order valence-corrected chi connectivity index (χ4v) is 2.56. The molecule has 0 saturated carbocycles. The van der Waals surface area contributed by atoms with Gasteiger partial charge in [0.1, 0.15) is 0 Å². The normalized spacial score (nSPS) is 11.5. The Balaban J connectivity index is 3.55. The molecule has 0 bridgehead atoms. The van der Waals surface area contributed by atoms with Crippen molar-refractivity contribution in [3.8, 4) is 0 Å². The van der Waals surface area contributed by atoms with Crippen molar-refractivity contribution in [3.63, 3.8) is 0 Å². The van der Waals surface area contributed by atoms with Gasteiger partial charge in [-0.3, -0.25) is 10.1 Å². The van der Waals surface area contributed by atoms with E-state index in [0.717, 1.165) is 0 Å². The van der Waals surface area contributed by atoms with Crippen LogP contribution in [0.25, 0.3) is 0 Å². The van der Waals surface area contributed by atoms with E-state index in [-0.39, 0.29) is 11.1 Å². The van der Waals surface area contributed by atoms with Crippen molar-refractivity contribution in [2.45, 2.75) is 26.2 Å². The number of nitro groups is 1. The van der Waals surface area contributed by atoms with E-state index < -0.39 is 4.92 Å². The van der Waals surface area contributed by atoms with Crippen LogP contribution in [0.4, 0.5) is 11.4 Å².